The summed E-state index contributed by atoms with van der Waals surface area (Å²) in [6.07, 6.45) is 0.987. The van der Waals surface area contributed by atoms with Crippen LogP contribution in [0.3, 0.4) is 0 Å². The Morgan fingerprint density at radius 1 is 1.04 bits per heavy atom. The van der Waals surface area contributed by atoms with Gasteiger partial charge in [0, 0.05) is 5.33 Å². The van der Waals surface area contributed by atoms with Gasteiger partial charge >= 0.3 is 12.1 Å². The first kappa shape index (κ1) is 22.6. The van der Waals surface area contributed by atoms with Gasteiger partial charge in [0.1, 0.15) is 17.2 Å². The molecule has 1 N–H and O–H groups in total. The van der Waals surface area contributed by atoms with E-state index in [1.165, 1.54) is 0 Å². The van der Waals surface area contributed by atoms with Crippen LogP contribution in [0.5, 0.6) is 0 Å². The molecule has 0 radical (unpaired) electrons. The standard InChI is InChI=1S/C16H30BrNO4S/c1-15(2,3)21-13(19)12(8-11-23-10-7-9-17)18-14(20)22-16(4,5)6/h12H,7-11H2,1-6H3,(H,18,20)/t12-/m1/s1. The van der Waals surface area contributed by atoms with Crippen LogP contribution in [0.4, 0.5) is 4.79 Å². The van der Waals surface area contributed by atoms with E-state index in [2.05, 4.69) is 21.2 Å². The molecule has 5 nitrogen and oxygen atoms in total. The van der Waals surface area contributed by atoms with Crippen LogP contribution in [0.25, 0.3) is 0 Å². The molecule has 0 unspecified atom stereocenters. The number of alkyl carbamates (subject to hydrolysis) is 1. The second-order valence-electron chi connectivity index (χ2n) is 7.18. The smallest absolute Gasteiger partial charge is 0.408 e. The van der Waals surface area contributed by atoms with Gasteiger partial charge in [-0.1, -0.05) is 15.9 Å². The lowest BCUT2D eigenvalue weighted by Gasteiger charge is -2.26. The van der Waals surface area contributed by atoms with Crippen LogP contribution in [0.15, 0.2) is 0 Å². The normalized spacial score (nSPS) is 13.3. The van der Waals surface area contributed by atoms with Crippen molar-refractivity contribution < 1.29 is 19.1 Å². The molecule has 23 heavy (non-hydrogen) atoms. The fourth-order valence-corrected chi connectivity index (χ4v) is 3.14. The Hall–Kier alpha value is -0.430. The quantitative estimate of drug-likeness (QED) is 0.369. The minimum absolute atomic E-state index is 0.426. The van der Waals surface area contributed by atoms with E-state index in [0.29, 0.717) is 6.42 Å². The summed E-state index contributed by atoms with van der Waals surface area (Å²) in [5, 5.41) is 3.59. The number of hydrogen-bond donors (Lipinski definition) is 1. The maximum absolute atomic E-state index is 12.3. The minimum atomic E-state index is -0.694. The maximum Gasteiger partial charge on any atom is 0.408 e. The molecule has 0 aliphatic heterocycles. The first-order valence-corrected chi connectivity index (χ1v) is 10.1. The predicted molar refractivity (Wildman–Crippen MR) is 99.4 cm³/mol. The molecule has 0 bridgehead atoms. The number of nitrogens with one attached hydrogen (secondary N) is 1. The van der Waals surface area contributed by atoms with E-state index in [-0.39, 0.29) is 0 Å². The third-order valence-corrected chi connectivity index (χ3v) is 4.02. The lowest BCUT2D eigenvalue weighted by Crippen LogP contribution is -2.46. The Labute approximate surface area is 152 Å². The van der Waals surface area contributed by atoms with Crippen molar-refractivity contribution in [1.82, 2.24) is 5.32 Å². The SMILES string of the molecule is CC(C)(C)OC(=O)N[C@H](CCSCCCBr)C(=O)OC(C)(C)C. The van der Waals surface area contributed by atoms with Gasteiger partial charge in [-0.3, -0.25) is 0 Å². The number of carbonyl (C=O) groups excluding carboxylic acids is 2. The summed E-state index contributed by atoms with van der Waals surface area (Å²) in [4.78, 5) is 24.2. The van der Waals surface area contributed by atoms with E-state index in [1.807, 2.05) is 0 Å². The number of alkyl halides is 1. The molecule has 0 saturated carbocycles. The summed E-state index contributed by atoms with van der Waals surface area (Å²) in [6.45, 7) is 10.8. The summed E-state index contributed by atoms with van der Waals surface area (Å²) in [5.74, 6) is 1.36. The molecule has 7 heteroatoms. The predicted octanol–water partition coefficient (Wildman–Crippen LogP) is 4.13. The fourth-order valence-electron chi connectivity index (χ4n) is 1.53. The lowest BCUT2D eigenvalue weighted by atomic mass is 10.1. The molecule has 1 atom stereocenters. The minimum Gasteiger partial charge on any atom is -0.458 e. The summed E-state index contributed by atoms with van der Waals surface area (Å²) in [6, 6.07) is -0.694. The molecule has 0 fully saturated rings. The van der Waals surface area contributed by atoms with E-state index in [0.717, 1.165) is 23.3 Å². The number of thioether (sulfide) groups is 1. The largest absolute Gasteiger partial charge is 0.458 e. The van der Waals surface area contributed by atoms with E-state index in [4.69, 9.17) is 9.47 Å². The van der Waals surface area contributed by atoms with Crippen molar-refractivity contribution in [1.29, 1.82) is 0 Å². The second kappa shape index (κ2) is 10.4. The number of esters is 1. The van der Waals surface area contributed by atoms with Crippen LogP contribution in [-0.4, -0.2) is 46.1 Å². The monoisotopic (exact) mass is 411 g/mol. The number of hydrogen-bond acceptors (Lipinski definition) is 5. The van der Waals surface area contributed by atoms with Gasteiger partial charge in [0.15, 0.2) is 0 Å². The first-order chi connectivity index (χ1) is 10.4. The molecule has 136 valence electrons. The van der Waals surface area contributed by atoms with Gasteiger partial charge in [-0.25, -0.2) is 9.59 Å². The van der Waals surface area contributed by atoms with Gasteiger partial charge in [-0.2, -0.15) is 11.8 Å². The highest BCUT2D eigenvalue weighted by Crippen LogP contribution is 2.14. The molecule has 0 aromatic rings. The number of amides is 1. The molecule has 0 aromatic carbocycles. The van der Waals surface area contributed by atoms with Crippen molar-refractivity contribution in [3.05, 3.63) is 0 Å². The van der Waals surface area contributed by atoms with Crippen LogP contribution in [0.2, 0.25) is 0 Å². The third-order valence-electron chi connectivity index (χ3n) is 2.36. The second-order valence-corrected chi connectivity index (χ2v) is 9.19. The maximum atomic E-state index is 12.3. The highest BCUT2D eigenvalue weighted by Gasteiger charge is 2.28. The molecule has 0 aliphatic rings. The summed E-state index contributed by atoms with van der Waals surface area (Å²) >= 11 is 5.14. The van der Waals surface area contributed by atoms with Crippen LogP contribution < -0.4 is 5.32 Å². The molecule has 1 amide bonds. The van der Waals surface area contributed by atoms with Crippen LogP contribution >= 0.6 is 27.7 Å². The van der Waals surface area contributed by atoms with Crippen molar-refractivity contribution in [3.63, 3.8) is 0 Å². The number of halogens is 1. The fraction of sp³-hybridized carbons (Fsp3) is 0.875. The third kappa shape index (κ3) is 13.7. The van der Waals surface area contributed by atoms with E-state index in [1.54, 1.807) is 53.3 Å². The van der Waals surface area contributed by atoms with E-state index >= 15 is 0 Å². The van der Waals surface area contributed by atoms with Crippen molar-refractivity contribution in [2.24, 2.45) is 0 Å². The summed E-state index contributed by atoms with van der Waals surface area (Å²) < 4.78 is 10.6. The Morgan fingerprint density at radius 3 is 2.09 bits per heavy atom. The van der Waals surface area contributed by atoms with Crippen molar-refractivity contribution in [2.45, 2.75) is 71.6 Å². The van der Waals surface area contributed by atoms with Crippen molar-refractivity contribution >= 4 is 39.8 Å². The van der Waals surface area contributed by atoms with E-state index < -0.39 is 29.3 Å². The zero-order chi connectivity index (χ0) is 18.1. The molecular formula is C16H30BrNO4S. The van der Waals surface area contributed by atoms with Gasteiger partial charge in [-0.05, 0) is 65.9 Å². The molecule has 0 spiro atoms. The highest BCUT2D eigenvalue weighted by molar-refractivity contribution is 9.09. The average molecular weight is 412 g/mol. The molecule has 0 heterocycles. The highest BCUT2D eigenvalue weighted by atomic mass is 79.9. The molecule has 0 aliphatic carbocycles. The van der Waals surface area contributed by atoms with E-state index in [9.17, 15) is 9.59 Å². The van der Waals surface area contributed by atoms with Crippen LogP contribution in [-0.2, 0) is 14.3 Å². The van der Waals surface area contributed by atoms with Crippen LogP contribution in [0.1, 0.15) is 54.4 Å². The van der Waals surface area contributed by atoms with Crippen LogP contribution in [0, 0.1) is 0 Å². The number of rotatable bonds is 8. The Bertz CT molecular complexity index is 377. The Morgan fingerprint density at radius 2 is 1.61 bits per heavy atom. The number of ether oxygens (including phenoxy) is 2. The number of carbonyl (C=O) groups is 2. The lowest BCUT2D eigenvalue weighted by molar-refractivity contribution is -0.157. The van der Waals surface area contributed by atoms with Gasteiger partial charge < -0.3 is 14.8 Å². The zero-order valence-electron chi connectivity index (χ0n) is 15.0. The Balaban J connectivity index is 4.60. The van der Waals surface area contributed by atoms with Gasteiger partial charge in [0.2, 0.25) is 0 Å². The van der Waals surface area contributed by atoms with Crippen molar-refractivity contribution in [3.8, 4) is 0 Å². The molecule has 0 rings (SSSR count). The van der Waals surface area contributed by atoms with Crippen molar-refractivity contribution in [2.75, 3.05) is 16.8 Å². The average Bonchev–Trinajstić information content (AvgIpc) is 2.32. The molecule has 0 aromatic heterocycles. The topological polar surface area (TPSA) is 64.6 Å². The Kier molecular flexibility index (Phi) is 10.2. The zero-order valence-corrected chi connectivity index (χ0v) is 17.4. The molecule has 0 saturated heterocycles. The molecular weight excluding hydrogens is 382 g/mol. The van der Waals surface area contributed by atoms with Gasteiger partial charge in [0.25, 0.3) is 0 Å². The van der Waals surface area contributed by atoms with Gasteiger partial charge in [0.05, 0.1) is 0 Å². The summed E-state index contributed by atoms with van der Waals surface area (Å²) in [7, 11) is 0. The van der Waals surface area contributed by atoms with Gasteiger partial charge in [-0.15, -0.1) is 0 Å². The summed E-state index contributed by atoms with van der Waals surface area (Å²) in [5.41, 5.74) is -1.19. The first-order valence-electron chi connectivity index (χ1n) is 7.80.